The van der Waals surface area contributed by atoms with Gasteiger partial charge in [0.15, 0.2) is 5.84 Å². The minimum atomic E-state index is -1.06. The number of hydrazine groups is 2. The van der Waals surface area contributed by atoms with Crippen molar-refractivity contribution in [2.75, 3.05) is 13.6 Å². The third-order valence-corrected chi connectivity index (χ3v) is 1.19. The van der Waals surface area contributed by atoms with Crippen LogP contribution in [-0.4, -0.2) is 35.6 Å². The topological polar surface area (TPSA) is 89.0 Å². The predicted octanol–water partition coefficient (Wildman–Crippen LogP) is -1.48. The first-order chi connectivity index (χ1) is 5.20. The molecule has 1 rings (SSSR count). The molecule has 0 saturated heterocycles. The lowest BCUT2D eigenvalue weighted by Gasteiger charge is -2.10. The van der Waals surface area contributed by atoms with Crippen LogP contribution >= 0.6 is 0 Å². The number of carbonyl (C=O) groups is 1. The van der Waals surface area contributed by atoms with Crippen molar-refractivity contribution in [1.82, 2.24) is 21.4 Å². The van der Waals surface area contributed by atoms with Crippen molar-refractivity contribution < 1.29 is 9.90 Å². The summed E-state index contributed by atoms with van der Waals surface area (Å²) in [5.74, 6) is 0.590. The predicted molar refractivity (Wildman–Crippen MR) is 37.5 cm³/mol. The summed E-state index contributed by atoms with van der Waals surface area (Å²) in [7, 11) is 1.72. The van der Waals surface area contributed by atoms with Crippen molar-refractivity contribution in [3.05, 3.63) is 0 Å². The Morgan fingerprint density at radius 1 is 1.91 bits per heavy atom. The van der Waals surface area contributed by atoms with Gasteiger partial charge in [-0.1, -0.05) is 0 Å². The smallest absolute Gasteiger partial charge is 0.405 e. The molecule has 0 radical (unpaired) electrons. The minimum absolute atomic E-state index is 0.186. The molecule has 1 amide bonds. The van der Waals surface area contributed by atoms with Crippen LogP contribution < -0.4 is 16.4 Å². The van der Waals surface area contributed by atoms with Crippen molar-refractivity contribution >= 4 is 11.9 Å². The Morgan fingerprint density at radius 3 is 3.09 bits per heavy atom. The molecular formula is C4H9N5O2. The molecule has 1 heterocycles. The van der Waals surface area contributed by atoms with Gasteiger partial charge < -0.3 is 10.4 Å². The molecule has 0 aromatic rings. The first-order valence-corrected chi connectivity index (χ1v) is 2.98. The average molecular weight is 159 g/mol. The summed E-state index contributed by atoms with van der Waals surface area (Å²) in [6.07, 6.45) is -1.06. The van der Waals surface area contributed by atoms with Gasteiger partial charge in [-0.3, -0.25) is 5.01 Å². The van der Waals surface area contributed by atoms with E-state index in [1.165, 1.54) is 0 Å². The van der Waals surface area contributed by atoms with Gasteiger partial charge in [-0.2, -0.15) is 0 Å². The highest BCUT2D eigenvalue weighted by atomic mass is 16.4. The van der Waals surface area contributed by atoms with E-state index < -0.39 is 6.09 Å². The summed E-state index contributed by atoms with van der Waals surface area (Å²) in [6, 6.07) is 0. The van der Waals surface area contributed by atoms with Gasteiger partial charge in [0.25, 0.3) is 0 Å². The molecule has 1 aliphatic rings. The molecule has 7 nitrogen and oxygen atoms in total. The normalized spacial score (nSPS) is 15.7. The zero-order valence-electron chi connectivity index (χ0n) is 5.96. The second-order valence-electron chi connectivity index (χ2n) is 1.97. The Hall–Kier alpha value is -1.50. The molecule has 0 aromatic carbocycles. The molecular weight excluding hydrogens is 150 g/mol. The van der Waals surface area contributed by atoms with Crippen LogP contribution in [0.4, 0.5) is 4.79 Å². The first kappa shape index (κ1) is 7.61. The maximum Gasteiger partial charge on any atom is 0.405 e. The number of hydrogen-bond donors (Lipinski definition) is 4. The maximum atomic E-state index is 10.0. The van der Waals surface area contributed by atoms with Crippen molar-refractivity contribution in [1.29, 1.82) is 0 Å². The second-order valence-corrected chi connectivity index (χ2v) is 1.97. The van der Waals surface area contributed by atoms with Gasteiger partial charge in [-0.25, -0.2) is 10.3 Å². The van der Waals surface area contributed by atoms with E-state index in [1.807, 2.05) is 0 Å². The molecule has 0 spiro atoms. The Kier molecular flexibility index (Phi) is 2.12. The molecule has 0 aliphatic carbocycles. The number of carboxylic acid groups (broad SMARTS) is 1. The summed E-state index contributed by atoms with van der Waals surface area (Å²) < 4.78 is 0. The summed E-state index contributed by atoms with van der Waals surface area (Å²) in [5.41, 5.74) is 5.12. The van der Waals surface area contributed by atoms with Crippen LogP contribution in [0, 0.1) is 0 Å². The van der Waals surface area contributed by atoms with E-state index in [9.17, 15) is 4.79 Å². The van der Waals surface area contributed by atoms with Gasteiger partial charge in [0.05, 0.1) is 6.54 Å². The lowest BCUT2D eigenvalue weighted by Crippen LogP contribution is -2.41. The van der Waals surface area contributed by atoms with Gasteiger partial charge in [0, 0.05) is 7.05 Å². The molecule has 0 unspecified atom stereocenters. The number of hydrogen-bond acceptors (Lipinski definition) is 5. The van der Waals surface area contributed by atoms with E-state index in [-0.39, 0.29) is 6.54 Å². The molecule has 0 aromatic heterocycles. The molecule has 0 saturated carbocycles. The van der Waals surface area contributed by atoms with Crippen LogP contribution in [0.2, 0.25) is 0 Å². The Labute approximate surface area is 63.0 Å². The summed E-state index contributed by atoms with van der Waals surface area (Å²) in [6.45, 7) is 0.186. The third-order valence-electron chi connectivity index (χ3n) is 1.19. The van der Waals surface area contributed by atoms with Gasteiger partial charge in [0.2, 0.25) is 0 Å². The quantitative estimate of drug-likeness (QED) is 0.394. The molecule has 1 aliphatic heterocycles. The lowest BCUT2D eigenvalue weighted by atomic mass is 10.5. The summed E-state index contributed by atoms with van der Waals surface area (Å²) >= 11 is 0. The van der Waals surface area contributed by atoms with Gasteiger partial charge in [-0.05, 0) is 0 Å². The summed E-state index contributed by atoms with van der Waals surface area (Å²) in [4.78, 5) is 10.0. The van der Waals surface area contributed by atoms with Crippen molar-refractivity contribution in [3.8, 4) is 0 Å². The molecule has 0 fully saturated rings. The Bertz CT molecular complexity index is 191. The number of nitrogens with zero attached hydrogens (tertiary/aromatic N) is 2. The molecule has 4 N–H and O–H groups in total. The highest BCUT2D eigenvalue weighted by Gasteiger charge is 2.11. The van der Waals surface area contributed by atoms with Crippen molar-refractivity contribution in [2.45, 2.75) is 0 Å². The Balaban J connectivity index is 2.31. The van der Waals surface area contributed by atoms with E-state index in [2.05, 4.69) is 21.5 Å². The monoisotopic (exact) mass is 159 g/mol. The number of rotatable bonds is 2. The highest BCUT2D eigenvalue weighted by molar-refractivity contribution is 5.86. The van der Waals surface area contributed by atoms with E-state index >= 15 is 0 Å². The second kappa shape index (κ2) is 3.06. The minimum Gasteiger partial charge on any atom is -0.465 e. The zero-order valence-corrected chi connectivity index (χ0v) is 5.96. The molecule has 0 atom stereocenters. The average Bonchev–Trinajstić information content (AvgIpc) is 2.31. The first-order valence-electron chi connectivity index (χ1n) is 2.98. The number of amides is 1. The molecule has 62 valence electrons. The van der Waals surface area contributed by atoms with E-state index in [1.54, 1.807) is 12.1 Å². The molecule has 11 heavy (non-hydrogen) atoms. The molecule has 0 bridgehead atoms. The number of hydrazone groups is 1. The van der Waals surface area contributed by atoms with Crippen molar-refractivity contribution in [3.63, 3.8) is 0 Å². The zero-order chi connectivity index (χ0) is 8.27. The largest absolute Gasteiger partial charge is 0.465 e. The van der Waals surface area contributed by atoms with Crippen LogP contribution in [0.3, 0.4) is 0 Å². The van der Waals surface area contributed by atoms with Crippen molar-refractivity contribution in [2.24, 2.45) is 5.10 Å². The molecule has 7 heteroatoms. The van der Waals surface area contributed by atoms with E-state index in [0.29, 0.717) is 5.84 Å². The van der Waals surface area contributed by atoms with Gasteiger partial charge in [0.1, 0.15) is 0 Å². The van der Waals surface area contributed by atoms with Crippen LogP contribution in [0.15, 0.2) is 5.10 Å². The lowest BCUT2D eigenvalue weighted by molar-refractivity contribution is 0.195. The van der Waals surface area contributed by atoms with Crippen LogP contribution in [-0.2, 0) is 0 Å². The van der Waals surface area contributed by atoms with E-state index in [0.717, 1.165) is 0 Å². The fourth-order valence-corrected chi connectivity index (χ4v) is 0.617. The third kappa shape index (κ3) is 1.97. The fraction of sp³-hybridized carbons (Fsp3) is 0.500. The SMILES string of the molecule is CN1NNN=C1CNC(=O)O. The highest BCUT2D eigenvalue weighted by Crippen LogP contribution is 1.85. The van der Waals surface area contributed by atoms with Gasteiger partial charge in [-0.15, -0.1) is 10.6 Å². The van der Waals surface area contributed by atoms with Crippen LogP contribution in [0.25, 0.3) is 0 Å². The fourth-order valence-electron chi connectivity index (χ4n) is 0.617. The maximum absolute atomic E-state index is 10.0. The Morgan fingerprint density at radius 2 is 2.64 bits per heavy atom. The number of amidine groups is 1. The summed E-state index contributed by atoms with van der Waals surface area (Å²) in [5, 5.41) is 15.7. The van der Waals surface area contributed by atoms with Gasteiger partial charge >= 0.3 is 6.09 Å². The number of likely N-dealkylation sites (N-methyl/N-ethyl adjacent to an activating group) is 1. The van der Waals surface area contributed by atoms with E-state index in [4.69, 9.17) is 5.11 Å². The number of nitrogens with one attached hydrogen (secondary N) is 3. The standard InChI is InChI=1S/C4H9N5O2/c1-9-3(6-7-8-9)2-5-4(10)11/h5,7-8H,2H2,1H3,(H,10,11). The van der Waals surface area contributed by atoms with Crippen LogP contribution in [0.1, 0.15) is 0 Å². The van der Waals surface area contributed by atoms with Crippen LogP contribution in [0.5, 0.6) is 0 Å².